The predicted molar refractivity (Wildman–Crippen MR) is 312 cm³/mol. The number of benzene rings is 8. The number of nitrogens with zero attached hydrogens (tertiary/aromatic N) is 3. The van der Waals surface area contributed by atoms with Crippen molar-refractivity contribution in [3.05, 3.63) is 290 Å². The highest BCUT2D eigenvalue weighted by Crippen LogP contribution is 2.61. The van der Waals surface area contributed by atoms with Crippen molar-refractivity contribution in [3.8, 4) is 33.4 Å². The van der Waals surface area contributed by atoms with Crippen LogP contribution in [0.25, 0.3) is 33.4 Å². The van der Waals surface area contributed by atoms with E-state index in [9.17, 15) is 0 Å². The van der Waals surface area contributed by atoms with Gasteiger partial charge in [0.15, 0.2) is 7.05 Å². The summed E-state index contributed by atoms with van der Waals surface area (Å²) in [5.41, 5.74) is 23.9. The van der Waals surface area contributed by atoms with Crippen molar-refractivity contribution in [1.29, 1.82) is 0 Å². The van der Waals surface area contributed by atoms with Crippen LogP contribution in [-0.2, 0) is 32.6 Å². The third kappa shape index (κ3) is 6.64. The van der Waals surface area contributed by atoms with Crippen molar-refractivity contribution in [2.45, 2.75) is 102 Å². The maximum absolute atomic E-state index is 5.39. The maximum atomic E-state index is 5.39. The van der Waals surface area contributed by atoms with Crippen LogP contribution in [-0.4, -0.2) is 27.2 Å². The molecule has 3 aliphatic carbocycles. The van der Waals surface area contributed by atoms with E-state index in [-0.39, 0.29) is 16.2 Å². The van der Waals surface area contributed by atoms with E-state index in [1.165, 1.54) is 111 Å². The second-order valence-electron chi connectivity index (χ2n) is 25.1. The Morgan fingerprint density at radius 2 is 0.789 bits per heavy atom. The molecule has 3 unspecified atom stereocenters. The van der Waals surface area contributed by atoms with Gasteiger partial charge < -0.3 is 0 Å². The van der Waals surface area contributed by atoms with E-state index in [0.29, 0.717) is 0 Å². The average Bonchev–Trinajstić information content (AvgIpc) is 4.21. The van der Waals surface area contributed by atoms with E-state index < -0.39 is 16.4 Å². The minimum Gasteiger partial charge on any atom is -0.260 e. The van der Waals surface area contributed by atoms with E-state index in [4.69, 9.17) is 4.98 Å². The van der Waals surface area contributed by atoms with Crippen LogP contribution in [0.5, 0.6) is 0 Å². The molecule has 3 nitrogen and oxygen atoms in total. The Morgan fingerprint density at radius 1 is 0.382 bits per heavy atom. The summed E-state index contributed by atoms with van der Waals surface area (Å²) in [5.74, 6) is 0. The molecule has 76 heavy (non-hydrogen) atoms. The van der Waals surface area contributed by atoms with E-state index >= 15 is 0 Å². The summed E-state index contributed by atoms with van der Waals surface area (Å²) in [4.78, 5) is 5.39. The molecular weight excluding hydrogens is 919 g/mol. The molecular formula is C73H67N3+2. The third-order valence-corrected chi connectivity index (χ3v) is 17.5. The smallest absolute Gasteiger partial charge is 0.260 e. The molecule has 0 radical (unpaired) electrons. The van der Waals surface area contributed by atoms with Gasteiger partial charge in [-0.05, 0) is 136 Å². The Labute approximate surface area is 450 Å². The second-order valence-corrected chi connectivity index (χ2v) is 25.1. The molecule has 8 aromatic carbocycles. The van der Waals surface area contributed by atoms with Crippen LogP contribution in [0, 0.1) is 6.92 Å². The molecule has 3 atom stereocenters. The first-order valence-corrected chi connectivity index (χ1v) is 27.2. The normalized spacial score (nSPS) is 19.8. The average molecular weight is 986 g/mol. The molecule has 0 N–H and O–H groups in total. The molecule has 0 bridgehead atoms. The van der Waals surface area contributed by atoms with Gasteiger partial charge in [-0.3, -0.25) is 4.98 Å². The first kappa shape index (κ1) is 47.7. The van der Waals surface area contributed by atoms with Gasteiger partial charge in [0.05, 0.1) is 16.5 Å². The number of rotatable bonds is 6. The summed E-state index contributed by atoms with van der Waals surface area (Å²) in [6.45, 7) is 23.1. The summed E-state index contributed by atoms with van der Waals surface area (Å²) in [6.07, 6.45) is 6.34. The van der Waals surface area contributed by atoms with Crippen molar-refractivity contribution in [2.75, 3.05) is 7.05 Å². The molecule has 0 saturated carbocycles. The molecule has 0 amide bonds. The van der Waals surface area contributed by atoms with Crippen molar-refractivity contribution >= 4 is 6.01 Å². The highest BCUT2D eigenvalue weighted by Gasteiger charge is 2.57. The molecule has 1 aliphatic heterocycles. The molecule has 372 valence electrons. The number of fused-ring (bicyclic) bond motifs is 9. The lowest BCUT2D eigenvalue weighted by Gasteiger charge is -2.38. The van der Waals surface area contributed by atoms with Crippen LogP contribution in [0.4, 0.5) is 0 Å². The topological polar surface area (TPSA) is 18.9 Å². The zero-order chi connectivity index (χ0) is 52.7. The van der Waals surface area contributed by atoms with Crippen LogP contribution in [0.1, 0.15) is 146 Å². The fourth-order valence-corrected chi connectivity index (χ4v) is 13.8. The molecule has 13 rings (SSSR count). The summed E-state index contributed by atoms with van der Waals surface area (Å²) in [6, 6.07) is 76.8. The number of aryl methyl sites for hydroxylation is 1. The van der Waals surface area contributed by atoms with Gasteiger partial charge in [-0.25, -0.2) is 0 Å². The minimum absolute atomic E-state index is 0.0236. The Balaban J connectivity index is 1.14. The quantitative estimate of drug-likeness (QED) is 0.152. The van der Waals surface area contributed by atoms with Crippen molar-refractivity contribution in [3.63, 3.8) is 0 Å². The first-order chi connectivity index (χ1) is 36.4. The molecule has 1 aromatic heterocycles. The summed E-state index contributed by atoms with van der Waals surface area (Å²) < 4.78 is 4.40. The third-order valence-electron chi connectivity index (χ3n) is 17.5. The van der Waals surface area contributed by atoms with Crippen LogP contribution < -0.4 is 0 Å². The number of aromatic nitrogens is 1. The molecule has 3 heteroatoms. The number of hydrogen-bond acceptors (Lipinski definition) is 1. The highest BCUT2D eigenvalue weighted by molar-refractivity contribution is 5.90. The Kier molecular flexibility index (Phi) is 10.4. The molecule has 0 saturated heterocycles. The predicted octanol–water partition coefficient (Wildman–Crippen LogP) is 16.6. The monoisotopic (exact) mass is 986 g/mol. The zero-order valence-electron chi connectivity index (χ0n) is 46.0. The largest absolute Gasteiger partial charge is 0.490 e. The molecule has 4 aliphatic rings. The summed E-state index contributed by atoms with van der Waals surface area (Å²) in [7, 11) is 2.08. The van der Waals surface area contributed by atoms with Gasteiger partial charge in [-0.1, -0.05) is 241 Å². The minimum atomic E-state index is -0.740. The Bertz CT molecular complexity index is 4020. The van der Waals surface area contributed by atoms with Gasteiger partial charge in [0.1, 0.15) is 0 Å². The van der Waals surface area contributed by atoms with Gasteiger partial charge >= 0.3 is 6.01 Å². The van der Waals surface area contributed by atoms with E-state index in [1.807, 2.05) is 6.20 Å². The molecule has 2 heterocycles. The van der Waals surface area contributed by atoms with Crippen molar-refractivity contribution < 1.29 is 9.15 Å². The molecule has 9 aromatic rings. The number of hydrogen-bond donors (Lipinski definition) is 0. The van der Waals surface area contributed by atoms with E-state index in [2.05, 4.69) is 292 Å². The number of pyridine rings is 1. The van der Waals surface area contributed by atoms with Crippen LogP contribution in [0.15, 0.2) is 207 Å². The summed E-state index contributed by atoms with van der Waals surface area (Å²) >= 11 is 0. The lowest BCUT2D eigenvalue weighted by molar-refractivity contribution is -0.533. The highest BCUT2D eigenvalue weighted by atomic mass is 15.2. The molecule has 0 fully saturated rings. The van der Waals surface area contributed by atoms with Crippen LogP contribution in [0.2, 0.25) is 0 Å². The fourth-order valence-electron chi connectivity index (χ4n) is 13.8. The SMILES string of the molecule is Cc1ccnc(C2(c3cccc(C4(c5cccc(C6([N+]7=C=[N+](C)C=C7)c7ccccc7-c7cc(C(C)(C)C)ccc76)c5)c5ccccc5-c5cc(C(C)(C)C)ccc54)c3)c3ccccc3-c3cc(C(C)(C)C)ccc32)c1. The van der Waals surface area contributed by atoms with Crippen LogP contribution in [0.3, 0.4) is 0 Å². The van der Waals surface area contributed by atoms with E-state index in [1.54, 1.807) is 0 Å². The van der Waals surface area contributed by atoms with Gasteiger partial charge in [-0.2, -0.15) is 0 Å². The lowest BCUT2D eigenvalue weighted by Crippen LogP contribution is -2.38. The Morgan fingerprint density at radius 3 is 1.30 bits per heavy atom. The standard InChI is InChI=1S/C73H67N3/c1-47-36-37-74-67(40-47)72(62-28-16-13-25-56(62)59-44-49(69(5,6)7)31-34-64(59)72)53-22-18-20-51(41-53)71(61-27-15-12-24-55(61)58-43-48(68(2,3)4)30-33-63(58)71)52-21-19-23-54(42-52)73(76-39-38-75(11)46-76)65-29-17-14-26-57(65)60-45-50(70(8,9)10)32-35-66(60)73/h12-45H,1-11H3/q+2. The summed E-state index contributed by atoms with van der Waals surface area (Å²) in [5, 5.41) is 0. The van der Waals surface area contributed by atoms with Gasteiger partial charge in [0.2, 0.25) is 12.4 Å². The lowest BCUT2D eigenvalue weighted by atomic mass is 9.64. The van der Waals surface area contributed by atoms with Gasteiger partial charge in [0.25, 0.3) is 5.54 Å². The maximum Gasteiger partial charge on any atom is 0.490 e. The zero-order valence-corrected chi connectivity index (χ0v) is 46.0. The van der Waals surface area contributed by atoms with E-state index in [0.717, 1.165) is 5.69 Å². The van der Waals surface area contributed by atoms with Crippen LogP contribution >= 0.6 is 0 Å². The first-order valence-electron chi connectivity index (χ1n) is 27.2. The van der Waals surface area contributed by atoms with Gasteiger partial charge in [0, 0.05) is 22.9 Å². The van der Waals surface area contributed by atoms with Gasteiger partial charge in [-0.15, -0.1) is 0 Å². The molecule has 0 spiro atoms. The fraction of sp³-hybridized carbons (Fsp3) is 0.233. The Hall–Kier alpha value is -7.97. The van der Waals surface area contributed by atoms with Crippen molar-refractivity contribution in [2.24, 2.45) is 0 Å². The second kappa shape index (κ2) is 16.5. The van der Waals surface area contributed by atoms with Crippen molar-refractivity contribution in [1.82, 2.24) is 4.98 Å².